The molecule has 1 amide bonds. The molecule has 4 rings (SSSR count). The van der Waals surface area contributed by atoms with Crippen molar-refractivity contribution < 1.29 is 18.7 Å². The summed E-state index contributed by atoms with van der Waals surface area (Å²) in [5.74, 6) is 1.87. The number of aromatic nitrogens is 2. The van der Waals surface area contributed by atoms with Crippen molar-refractivity contribution in [3.05, 3.63) is 94.2 Å². The Morgan fingerprint density at radius 3 is 2.50 bits per heavy atom. The minimum Gasteiger partial charge on any atom is -0.494 e. The Hall–Kier alpha value is -3.71. The first-order valence-corrected chi connectivity index (χ1v) is 11.3. The van der Waals surface area contributed by atoms with Crippen molar-refractivity contribution in [1.82, 2.24) is 9.78 Å². The summed E-state index contributed by atoms with van der Waals surface area (Å²) in [5, 5.41) is 8.16. The van der Waals surface area contributed by atoms with Crippen LogP contribution in [0.4, 0.5) is 5.69 Å². The highest BCUT2D eigenvalue weighted by Gasteiger charge is 2.18. The average Bonchev–Trinajstić information content (AvgIpc) is 3.39. The lowest BCUT2D eigenvalue weighted by atomic mass is 10.2. The highest BCUT2D eigenvalue weighted by atomic mass is 35.5. The smallest absolute Gasteiger partial charge is 0.291 e. The lowest BCUT2D eigenvalue weighted by Gasteiger charge is -2.07. The van der Waals surface area contributed by atoms with Gasteiger partial charge in [0.1, 0.15) is 23.9 Å². The molecule has 0 spiro atoms. The minimum absolute atomic E-state index is 0.201. The highest BCUT2D eigenvalue weighted by Crippen LogP contribution is 2.23. The highest BCUT2D eigenvalue weighted by molar-refractivity contribution is 6.30. The number of furan rings is 1. The fraction of sp³-hybridized carbons (Fsp3) is 0.231. The molecule has 176 valence electrons. The van der Waals surface area contributed by atoms with Crippen LogP contribution in [0.25, 0.3) is 0 Å². The van der Waals surface area contributed by atoms with Gasteiger partial charge in [0, 0.05) is 5.02 Å². The van der Waals surface area contributed by atoms with Crippen molar-refractivity contribution >= 4 is 23.2 Å². The number of rotatable bonds is 9. The maximum absolute atomic E-state index is 12.8. The van der Waals surface area contributed by atoms with Crippen molar-refractivity contribution in [3.8, 4) is 11.5 Å². The third kappa shape index (κ3) is 5.61. The number of aryl methyl sites for hydroxylation is 1. The first kappa shape index (κ1) is 23.4. The number of nitrogens with one attached hydrogen (secondary N) is 1. The predicted octanol–water partition coefficient (Wildman–Crippen LogP) is 6.02. The van der Waals surface area contributed by atoms with Gasteiger partial charge in [-0.1, -0.05) is 23.7 Å². The SMILES string of the molecule is CCOc1ccc(OCc2ccc(C(=O)Nc3c(C)nn(Cc4cccc(Cl)c4)c3C)o2)cc1. The van der Waals surface area contributed by atoms with E-state index in [-0.39, 0.29) is 18.3 Å². The Morgan fingerprint density at radius 2 is 1.79 bits per heavy atom. The summed E-state index contributed by atoms with van der Waals surface area (Å²) in [6, 6.07) is 18.3. The molecule has 0 bridgehead atoms. The number of amides is 1. The van der Waals surface area contributed by atoms with Gasteiger partial charge in [0.05, 0.1) is 30.2 Å². The van der Waals surface area contributed by atoms with Crippen LogP contribution in [0.15, 0.2) is 65.1 Å². The zero-order chi connectivity index (χ0) is 24.1. The van der Waals surface area contributed by atoms with Crippen LogP contribution in [-0.4, -0.2) is 22.3 Å². The molecule has 0 aliphatic heterocycles. The van der Waals surface area contributed by atoms with Gasteiger partial charge in [0.15, 0.2) is 5.76 Å². The second kappa shape index (κ2) is 10.5. The lowest BCUT2D eigenvalue weighted by molar-refractivity contribution is 0.0992. The Bertz CT molecular complexity index is 1280. The van der Waals surface area contributed by atoms with Crippen molar-refractivity contribution in [2.75, 3.05) is 11.9 Å². The zero-order valence-corrected chi connectivity index (χ0v) is 20.1. The van der Waals surface area contributed by atoms with Gasteiger partial charge in [-0.2, -0.15) is 5.10 Å². The minimum atomic E-state index is -0.346. The molecule has 34 heavy (non-hydrogen) atoms. The summed E-state index contributed by atoms with van der Waals surface area (Å²) >= 11 is 6.09. The number of hydrogen-bond donors (Lipinski definition) is 1. The number of carbonyl (C=O) groups excluding carboxylic acids is 1. The van der Waals surface area contributed by atoms with Crippen LogP contribution in [0.2, 0.25) is 5.02 Å². The van der Waals surface area contributed by atoms with Crippen molar-refractivity contribution in [2.45, 2.75) is 33.9 Å². The van der Waals surface area contributed by atoms with Gasteiger partial charge in [-0.05, 0) is 74.9 Å². The van der Waals surface area contributed by atoms with Crippen LogP contribution < -0.4 is 14.8 Å². The number of benzene rings is 2. The van der Waals surface area contributed by atoms with Gasteiger partial charge >= 0.3 is 0 Å². The summed E-state index contributed by atoms with van der Waals surface area (Å²) < 4.78 is 18.7. The molecular weight excluding hydrogens is 454 g/mol. The number of carbonyl (C=O) groups is 1. The Balaban J connectivity index is 1.38. The third-order valence-electron chi connectivity index (χ3n) is 5.24. The fourth-order valence-corrected chi connectivity index (χ4v) is 3.76. The Kier molecular flexibility index (Phi) is 7.23. The lowest BCUT2D eigenvalue weighted by Crippen LogP contribution is -2.12. The van der Waals surface area contributed by atoms with E-state index in [0.717, 1.165) is 22.7 Å². The molecule has 0 aliphatic rings. The largest absolute Gasteiger partial charge is 0.494 e. The molecule has 0 saturated heterocycles. The fourth-order valence-electron chi connectivity index (χ4n) is 3.55. The van der Waals surface area contributed by atoms with E-state index in [1.165, 1.54) is 0 Å². The summed E-state index contributed by atoms with van der Waals surface area (Å²) in [6.45, 7) is 7.07. The summed E-state index contributed by atoms with van der Waals surface area (Å²) in [4.78, 5) is 12.8. The summed E-state index contributed by atoms with van der Waals surface area (Å²) in [5.41, 5.74) is 3.25. The molecule has 7 nitrogen and oxygen atoms in total. The summed E-state index contributed by atoms with van der Waals surface area (Å²) in [7, 11) is 0. The normalized spacial score (nSPS) is 10.8. The third-order valence-corrected chi connectivity index (χ3v) is 5.48. The zero-order valence-electron chi connectivity index (χ0n) is 19.3. The van der Waals surface area contributed by atoms with Gasteiger partial charge in [-0.3, -0.25) is 9.48 Å². The number of halogens is 1. The molecule has 8 heteroatoms. The first-order valence-electron chi connectivity index (χ1n) is 11.0. The topological polar surface area (TPSA) is 78.5 Å². The average molecular weight is 480 g/mol. The molecule has 0 aliphatic carbocycles. The monoisotopic (exact) mass is 479 g/mol. The molecule has 4 aromatic rings. The maximum atomic E-state index is 12.8. The first-order chi connectivity index (χ1) is 16.4. The van der Waals surface area contributed by atoms with E-state index in [9.17, 15) is 4.79 Å². The second-order valence-electron chi connectivity index (χ2n) is 7.75. The molecule has 0 atom stereocenters. The van der Waals surface area contributed by atoms with Gasteiger partial charge in [-0.25, -0.2) is 0 Å². The molecule has 0 fully saturated rings. The second-order valence-corrected chi connectivity index (χ2v) is 8.18. The molecule has 1 N–H and O–H groups in total. The van der Waals surface area contributed by atoms with Crippen LogP contribution in [0.1, 0.15) is 40.2 Å². The van der Waals surface area contributed by atoms with E-state index in [4.69, 9.17) is 25.5 Å². The van der Waals surface area contributed by atoms with Crippen molar-refractivity contribution in [3.63, 3.8) is 0 Å². The number of nitrogens with zero attached hydrogens (tertiary/aromatic N) is 2. The number of hydrogen-bond acceptors (Lipinski definition) is 5. The quantitative estimate of drug-likeness (QED) is 0.317. The Morgan fingerprint density at radius 1 is 1.06 bits per heavy atom. The molecular formula is C26H26ClN3O4. The van der Waals surface area contributed by atoms with Crippen LogP contribution in [-0.2, 0) is 13.2 Å². The maximum Gasteiger partial charge on any atom is 0.291 e. The van der Waals surface area contributed by atoms with Gasteiger partial charge in [-0.15, -0.1) is 0 Å². The molecule has 2 heterocycles. The molecule has 0 saturated carbocycles. The standard InChI is InChI=1S/C26H26ClN3O4/c1-4-32-21-8-10-22(11-9-21)33-16-23-12-13-24(34-23)26(31)28-25-17(2)29-30(18(25)3)15-19-6-5-7-20(27)14-19/h5-14H,4,15-16H2,1-3H3,(H,28,31). The van der Waals surface area contributed by atoms with E-state index < -0.39 is 0 Å². The van der Waals surface area contributed by atoms with Crippen LogP contribution in [0.3, 0.4) is 0 Å². The molecule has 0 unspecified atom stereocenters. The van der Waals surface area contributed by atoms with E-state index in [1.54, 1.807) is 12.1 Å². The van der Waals surface area contributed by atoms with E-state index >= 15 is 0 Å². The van der Waals surface area contributed by atoms with Crippen molar-refractivity contribution in [2.24, 2.45) is 0 Å². The van der Waals surface area contributed by atoms with Gasteiger partial charge in [0.25, 0.3) is 5.91 Å². The van der Waals surface area contributed by atoms with Crippen LogP contribution in [0, 0.1) is 13.8 Å². The van der Waals surface area contributed by atoms with Crippen LogP contribution >= 0.6 is 11.6 Å². The van der Waals surface area contributed by atoms with Gasteiger partial charge < -0.3 is 19.2 Å². The van der Waals surface area contributed by atoms with Crippen LogP contribution in [0.5, 0.6) is 11.5 Å². The van der Waals surface area contributed by atoms with Crippen molar-refractivity contribution in [1.29, 1.82) is 0 Å². The van der Waals surface area contributed by atoms with E-state index in [1.807, 2.05) is 74.0 Å². The predicted molar refractivity (Wildman–Crippen MR) is 131 cm³/mol. The number of ether oxygens (including phenoxy) is 2. The summed E-state index contributed by atoms with van der Waals surface area (Å²) in [6.07, 6.45) is 0. The molecule has 2 aromatic carbocycles. The van der Waals surface area contributed by atoms with E-state index in [2.05, 4.69) is 10.4 Å². The number of anilines is 1. The Labute approximate surface area is 203 Å². The molecule has 2 aromatic heterocycles. The van der Waals surface area contributed by atoms with E-state index in [0.29, 0.717) is 35.4 Å². The van der Waals surface area contributed by atoms with Gasteiger partial charge in [0.2, 0.25) is 0 Å². The molecule has 0 radical (unpaired) electrons.